The van der Waals surface area contributed by atoms with Crippen molar-refractivity contribution in [2.24, 2.45) is 0 Å². The standard InChI is InChI=1S/C6H12O7.2Fe.H3O4P/c7-1-2(8)3(9)4(10)5(11)6(12)13;;;1-5(2,3)4/h2-5,7-11H,1H2,(H,12,13);;;(H3,1,2,3,4)/q;2*+2;/p-4/t2-,3-,4+,5-;;;/m1.../s1. The van der Waals surface area contributed by atoms with Gasteiger partial charge in [0.1, 0.15) is 24.4 Å². The van der Waals surface area contributed by atoms with Crippen LogP contribution in [0.1, 0.15) is 0 Å². The summed E-state index contributed by atoms with van der Waals surface area (Å²) in [5.74, 6) is -1.98. The third-order valence-electron chi connectivity index (χ3n) is 1.50. The molecule has 0 radical (unpaired) electrons. The summed E-state index contributed by atoms with van der Waals surface area (Å²) in [7, 11) is -5.39. The molecule has 14 heteroatoms. The van der Waals surface area contributed by atoms with Crippen LogP contribution in [0.15, 0.2) is 0 Å². The number of carbonyl (C=O) groups is 1. The summed E-state index contributed by atoms with van der Waals surface area (Å²) < 4.78 is 8.55. The molecule has 4 atom stereocenters. The number of phosphoric acid groups is 1. The Morgan fingerprint density at radius 3 is 1.50 bits per heavy atom. The van der Waals surface area contributed by atoms with E-state index >= 15 is 0 Å². The van der Waals surface area contributed by atoms with Crippen molar-refractivity contribution in [2.75, 3.05) is 6.61 Å². The van der Waals surface area contributed by atoms with Crippen LogP contribution >= 0.6 is 7.82 Å². The summed E-state index contributed by atoms with van der Waals surface area (Å²) in [6.45, 7) is -0.863. The van der Waals surface area contributed by atoms with Crippen LogP contribution in [0, 0.1) is 0 Å². The maximum Gasteiger partial charge on any atom is 2.00 e. The zero-order valence-corrected chi connectivity index (χ0v) is 12.5. The largest absolute Gasteiger partial charge is 2.00 e. The van der Waals surface area contributed by atoms with Gasteiger partial charge < -0.3 is 54.7 Å². The summed E-state index contributed by atoms with van der Waals surface area (Å²) in [6.07, 6.45) is -8.08. The second kappa shape index (κ2) is 13.1. The van der Waals surface area contributed by atoms with Gasteiger partial charge in [0, 0.05) is 0 Å². The van der Waals surface area contributed by atoms with Gasteiger partial charge in [-0.1, -0.05) is 0 Å². The van der Waals surface area contributed by atoms with E-state index in [0.717, 1.165) is 0 Å². The number of carboxylic acid groups (broad SMARTS) is 1. The molecule has 0 amide bonds. The third kappa shape index (κ3) is 16.5. The normalized spacial score (nSPS) is 16.2. The molecule has 0 unspecified atom stereocenters. The van der Waals surface area contributed by atoms with Crippen molar-refractivity contribution in [2.45, 2.75) is 24.4 Å². The average molecular weight is 402 g/mol. The van der Waals surface area contributed by atoms with E-state index < -0.39 is 44.8 Å². The monoisotopic (exact) mass is 402 g/mol. The smallest absolute Gasteiger partial charge is 0.822 e. The van der Waals surface area contributed by atoms with Gasteiger partial charge in [-0.3, -0.25) is 0 Å². The van der Waals surface area contributed by atoms with E-state index in [4.69, 9.17) is 44.8 Å². The minimum atomic E-state index is -5.39. The molecule has 0 saturated carbocycles. The molecule has 5 N–H and O–H groups in total. The molecule has 0 fully saturated rings. The number of hydrogen-bond donors (Lipinski definition) is 5. The maximum atomic E-state index is 9.98. The third-order valence-corrected chi connectivity index (χ3v) is 1.50. The first-order chi connectivity index (χ1) is 7.91. The van der Waals surface area contributed by atoms with Crippen molar-refractivity contribution in [1.29, 1.82) is 0 Å². The fourth-order valence-corrected chi connectivity index (χ4v) is 0.662. The second-order valence-corrected chi connectivity index (χ2v) is 3.84. The molecule has 20 heavy (non-hydrogen) atoms. The molecule has 0 spiro atoms. The molecular formula is C6H11Fe2O11P. The van der Waals surface area contributed by atoms with Crippen molar-refractivity contribution in [3.8, 4) is 0 Å². The van der Waals surface area contributed by atoms with Crippen LogP contribution in [0.2, 0.25) is 0 Å². The Balaban J connectivity index is -0.000000158. The minimum absolute atomic E-state index is 0. The van der Waals surface area contributed by atoms with Crippen LogP contribution in [0.3, 0.4) is 0 Å². The SMILES string of the molecule is O=C([O-])[C@H](O)[C@@H](O)[C@H](O)[C@H](O)CO.O=P([O-])([O-])[O-].[Fe+2].[Fe+2]. The first-order valence-corrected chi connectivity index (χ1v) is 5.65. The van der Waals surface area contributed by atoms with Gasteiger partial charge >= 0.3 is 34.1 Å². The van der Waals surface area contributed by atoms with Crippen LogP contribution in [0.5, 0.6) is 0 Å². The Hall–Kier alpha value is 0.419. The van der Waals surface area contributed by atoms with Gasteiger partial charge in [0.2, 0.25) is 0 Å². The van der Waals surface area contributed by atoms with Crippen molar-refractivity contribution in [1.82, 2.24) is 0 Å². The summed E-state index contributed by atoms with van der Waals surface area (Å²) in [5.41, 5.74) is 0. The van der Waals surface area contributed by atoms with Crippen LogP contribution in [0.4, 0.5) is 0 Å². The minimum Gasteiger partial charge on any atom is -0.822 e. The zero-order valence-electron chi connectivity index (χ0n) is 9.36. The maximum absolute atomic E-state index is 9.98. The van der Waals surface area contributed by atoms with Crippen molar-refractivity contribution in [3.05, 3.63) is 0 Å². The molecule has 0 aromatic carbocycles. The number of hydrogen-bond acceptors (Lipinski definition) is 11. The number of rotatable bonds is 5. The summed E-state index contributed by atoms with van der Waals surface area (Å²) in [6, 6.07) is 0. The summed E-state index contributed by atoms with van der Waals surface area (Å²) in [5, 5.41) is 53.4. The summed E-state index contributed by atoms with van der Waals surface area (Å²) >= 11 is 0. The molecule has 0 rings (SSSR count). The van der Waals surface area contributed by atoms with E-state index in [9.17, 15) is 9.90 Å². The number of aliphatic carboxylic acids is 1. The number of carbonyl (C=O) groups excluding carboxylic acids is 1. The molecular weight excluding hydrogens is 391 g/mol. The van der Waals surface area contributed by atoms with Gasteiger partial charge in [-0.15, -0.1) is 0 Å². The molecule has 122 valence electrons. The number of aliphatic hydroxyl groups excluding tert-OH is 5. The molecule has 0 aliphatic rings. The Morgan fingerprint density at radius 2 is 1.30 bits per heavy atom. The topological polar surface area (TPSA) is 228 Å². The molecule has 0 bridgehead atoms. The fraction of sp³-hybridized carbons (Fsp3) is 0.833. The molecule has 0 aromatic heterocycles. The van der Waals surface area contributed by atoms with Crippen LogP contribution in [-0.2, 0) is 43.5 Å². The Kier molecular flexibility index (Phi) is 18.7. The Morgan fingerprint density at radius 1 is 1.00 bits per heavy atom. The van der Waals surface area contributed by atoms with E-state index in [0.29, 0.717) is 0 Å². The predicted octanol–water partition coefficient (Wildman–Crippen LogP) is -7.66. The number of aliphatic hydroxyl groups is 5. The molecule has 11 nitrogen and oxygen atoms in total. The van der Waals surface area contributed by atoms with Gasteiger partial charge in [0.25, 0.3) is 0 Å². The zero-order chi connectivity index (χ0) is 15.1. The van der Waals surface area contributed by atoms with Crippen molar-refractivity contribution < 1.29 is 88.8 Å². The van der Waals surface area contributed by atoms with Crippen molar-refractivity contribution in [3.63, 3.8) is 0 Å². The van der Waals surface area contributed by atoms with E-state index in [1.54, 1.807) is 0 Å². The molecule has 0 aliphatic carbocycles. The molecule has 0 aliphatic heterocycles. The fourth-order valence-electron chi connectivity index (χ4n) is 0.662. The number of carboxylic acids is 1. The summed E-state index contributed by atoms with van der Waals surface area (Å²) in [4.78, 5) is 35.6. The van der Waals surface area contributed by atoms with E-state index in [1.807, 2.05) is 0 Å². The van der Waals surface area contributed by atoms with Gasteiger partial charge in [-0.05, 0) is 0 Å². The predicted molar refractivity (Wildman–Crippen MR) is 43.7 cm³/mol. The Bertz CT molecular complexity index is 288. The van der Waals surface area contributed by atoms with Crippen LogP contribution in [0.25, 0.3) is 0 Å². The quantitative estimate of drug-likeness (QED) is 0.214. The second-order valence-electron chi connectivity index (χ2n) is 2.94. The van der Waals surface area contributed by atoms with E-state index in [1.165, 1.54) is 0 Å². The van der Waals surface area contributed by atoms with E-state index in [-0.39, 0.29) is 34.1 Å². The first kappa shape index (κ1) is 28.6. The van der Waals surface area contributed by atoms with Crippen LogP contribution in [-0.4, -0.2) is 62.5 Å². The Labute approximate surface area is 134 Å². The molecule has 0 heterocycles. The van der Waals surface area contributed by atoms with Crippen molar-refractivity contribution >= 4 is 13.8 Å². The van der Waals surface area contributed by atoms with E-state index in [2.05, 4.69) is 0 Å². The first-order valence-electron chi connectivity index (χ1n) is 4.18. The average Bonchev–Trinajstić information content (AvgIpc) is 2.22. The van der Waals surface area contributed by atoms with Crippen LogP contribution < -0.4 is 19.8 Å². The van der Waals surface area contributed by atoms with Gasteiger partial charge in [0.15, 0.2) is 0 Å². The van der Waals surface area contributed by atoms with Gasteiger partial charge in [0.05, 0.1) is 12.6 Å². The molecule has 0 aromatic rings. The molecule has 0 saturated heterocycles. The van der Waals surface area contributed by atoms with Gasteiger partial charge in [-0.25, -0.2) is 0 Å². The van der Waals surface area contributed by atoms with Gasteiger partial charge in [-0.2, -0.15) is 7.82 Å².